The molecule has 186 valence electrons. The van der Waals surface area contributed by atoms with Crippen molar-refractivity contribution in [2.75, 3.05) is 17.7 Å². The van der Waals surface area contributed by atoms with Crippen molar-refractivity contribution in [3.8, 4) is 5.75 Å². The van der Waals surface area contributed by atoms with Crippen molar-refractivity contribution in [3.63, 3.8) is 0 Å². The Labute approximate surface area is 212 Å². The maximum Gasteiger partial charge on any atom is 0.251 e. The molecule has 0 radical (unpaired) electrons. The molecule has 0 saturated heterocycles. The number of hydrogen-bond donors (Lipinski definition) is 1. The Morgan fingerprint density at radius 1 is 1.00 bits per heavy atom. The highest BCUT2D eigenvalue weighted by Gasteiger charge is 2.21. The van der Waals surface area contributed by atoms with E-state index in [1.165, 1.54) is 4.31 Å². The minimum Gasteiger partial charge on any atom is -0.497 e. The van der Waals surface area contributed by atoms with Crippen LogP contribution in [0.25, 0.3) is 0 Å². The van der Waals surface area contributed by atoms with Crippen molar-refractivity contribution in [3.05, 3.63) is 94.5 Å². The van der Waals surface area contributed by atoms with E-state index in [0.717, 1.165) is 24.0 Å². The molecule has 35 heavy (non-hydrogen) atoms. The molecular weight excluding hydrogens is 484 g/mol. The number of sulfonamides is 1. The number of methoxy groups -OCH3 is 1. The fourth-order valence-electron chi connectivity index (χ4n) is 3.79. The number of nitrogens with one attached hydrogen (secondary N) is 1. The number of nitrogens with zero attached hydrogens (tertiary/aromatic N) is 1. The molecule has 0 aromatic heterocycles. The average Bonchev–Trinajstić information content (AvgIpc) is 2.82. The molecule has 0 unspecified atom stereocenters. The van der Waals surface area contributed by atoms with E-state index >= 15 is 0 Å². The lowest BCUT2D eigenvalue weighted by Crippen LogP contribution is -2.30. The maximum absolute atomic E-state index is 13.1. The van der Waals surface area contributed by atoms with E-state index in [2.05, 4.69) is 19.2 Å². The monoisotopic (exact) mass is 514 g/mol. The molecule has 6 nitrogen and oxygen atoms in total. The first-order valence-corrected chi connectivity index (χ1v) is 13.6. The van der Waals surface area contributed by atoms with Crippen LogP contribution >= 0.6 is 11.6 Å². The van der Waals surface area contributed by atoms with E-state index in [9.17, 15) is 13.2 Å². The molecule has 3 rings (SSSR count). The summed E-state index contributed by atoms with van der Waals surface area (Å²) < 4.78 is 31.5. The van der Waals surface area contributed by atoms with Gasteiger partial charge in [0.1, 0.15) is 5.75 Å². The molecule has 0 aliphatic rings. The van der Waals surface area contributed by atoms with Gasteiger partial charge in [0.25, 0.3) is 5.91 Å². The van der Waals surface area contributed by atoms with Crippen LogP contribution in [0.2, 0.25) is 5.02 Å². The molecule has 0 fully saturated rings. The van der Waals surface area contributed by atoms with Gasteiger partial charge in [-0.2, -0.15) is 0 Å². The first-order chi connectivity index (χ1) is 16.6. The number of halogens is 1. The lowest BCUT2D eigenvalue weighted by atomic mass is 9.96. The largest absolute Gasteiger partial charge is 0.497 e. The molecule has 1 N–H and O–H groups in total. The number of rotatable bonds is 10. The Morgan fingerprint density at radius 3 is 2.17 bits per heavy atom. The van der Waals surface area contributed by atoms with E-state index < -0.39 is 10.0 Å². The predicted molar refractivity (Wildman–Crippen MR) is 142 cm³/mol. The number of carbonyl (C=O) groups is 1. The molecule has 1 amide bonds. The lowest BCUT2D eigenvalue weighted by molar-refractivity contribution is 0.0932. The summed E-state index contributed by atoms with van der Waals surface area (Å²) in [6.07, 6.45) is 1.92. The van der Waals surface area contributed by atoms with Gasteiger partial charge in [-0.3, -0.25) is 9.10 Å². The fraction of sp³-hybridized carbons (Fsp3) is 0.296. The van der Waals surface area contributed by atoms with Gasteiger partial charge in [-0.1, -0.05) is 55.8 Å². The van der Waals surface area contributed by atoms with E-state index in [0.29, 0.717) is 27.8 Å². The van der Waals surface area contributed by atoms with Crippen molar-refractivity contribution >= 4 is 33.2 Å². The van der Waals surface area contributed by atoms with Crippen LogP contribution in [0.5, 0.6) is 5.75 Å². The average molecular weight is 515 g/mol. The third-order valence-electron chi connectivity index (χ3n) is 5.62. The Hall–Kier alpha value is -3.03. The predicted octanol–water partition coefficient (Wildman–Crippen LogP) is 5.83. The van der Waals surface area contributed by atoms with Gasteiger partial charge in [0, 0.05) is 10.6 Å². The van der Waals surface area contributed by atoms with Crippen molar-refractivity contribution < 1.29 is 17.9 Å². The highest BCUT2D eigenvalue weighted by molar-refractivity contribution is 7.92. The number of benzene rings is 3. The summed E-state index contributed by atoms with van der Waals surface area (Å²) in [7, 11) is -1.96. The highest BCUT2D eigenvalue weighted by atomic mass is 35.5. The van der Waals surface area contributed by atoms with Gasteiger partial charge in [-0.15, -0.1) is 0 Å². The summed E-state index contributed by atoms with van der Waals surface area (Å²) in [5.74, 6) is 0.902. The zero-order valence-electron chi connectivity index (χ0n) is 20.4. The molecule has 8 heteroatoms. The van der Waals surface area contributed by atoms with Gasteiger partial charge in [0.05, 0.1) is 31.6 Å². The van der Waals surface area contributed by atoms with E-state index in [4.69, 9.17) is 16.3 Å². The Balaban J connectivity index is 1.80. The molecular formula is C27H31ClN2O4S. The highest BCUT2D eigenvalue weighted by Crippen LogP contribution is 2.26. The van der Waals surface area contributed by atoms with Crippen LogP contribution in [-0.4, -0.2) is 27.7 Å². The van der Waals surface area contributed by atoms with Gasteiger partial charge in [-0.05, 0) is 65.9 Å². The van der Waals surface area contributed by atoms with Crippen molar-refractivity contribution in [1.29, 1.82) is 0 Å². The van der Waals surface area contributed by atoms with Gasteiger partial charge in [0.15, 0.2) is 0 Å². The lowest BCUT2D eigenvalue weighted by Gasteiger charge is -2.24. The second-order valence-corrected chi connectivity index (χ2v) is 11.2. The first-order valence-electron chi connectivity index (χ1n) is 11.3. The van der Waals surface area contributed by atoms with Gasteiger partial charge >= 0.3 is 0 Å². The quantitative estimate of drug-likeness (QED) is 0.369. The molecule has 0 aliphatic carbocycles. The Bertz CT molecular complexity index is 1240. The summed E-state index contributed by atoms with van der Waals surface area (Å²) in [6, 6.07) is 21.2. The number of hydrogen-bond acceptors (Lipinski definition) is 4. The number of anilines is 1. The molecule has 0 aliphatic heterocycles. The molecule has 1 atom stereocenters. The van der Waals surface area contributed by atoms with Crippen molar-refractivity contribution in [1.82, 2.24) is 5.32 Å². The zero-order chi connectivity index (χ0) is 25.6. The number of carbonyl (C=O) groups excluding carboxylic acids is 1. The minimum absolute atomic E-state index is 0.0952. The molecule has 0 spiro atoms. The second-order valence-electron chi connectivity index (χ2n) is 8.84. The molecule has 3 aromatic carbocycles. The summed E-state index contributed by atoms with van der Waals surface area (Å²) in [6.45, 7) is 4.31. The summed E-state index contributed by atoms with van der Waals surface area (Å²) in [4.78, 5) is 13.1. The minimum atomic E-state index is -3.58. The van der Waals surface area contributed by atoms with Crippen molar-refractivity contribution in [2.24, 2.45) is 5.92 Å². The van der Waals surface area contributed by atoms with Crippen molar-refractivity contribution in [2.45, 2.75) is 32.9 Å². The number of ether oxygens (including phenoxy) is 1. The van der Waals surface area contributed by atoms with Gasteiger partial charge < -0.3 is 10.1 Å². The van der Waals surface area contributed by atoms with Crippen LogP contribution in [0.1, 0.15) is 47.8 Å². The van der Waals surface area contributed by atoms with Crippen LogP contribution < -0.4 is 14.4 Å². The smallest absolute Gasteiger partial charge is 0.251 e. The Morgan fingerprint density at radius 2 is 1.63 bits per heavy atom. The van der Waals surface area contributed by atoms with Crippen LogP contribution in [0.4, 0.5) is 5.69 Å². The van der Waals surface area contributed by atoms with E-state index in [-0.39, 0.29) is 18.5 Å². The molecule has 0 heterocycles. The normalized spacial score (nSPS) is 12.3. The third kappa shape index (κ3) is 7.23. The second kappa shape index (κ2) is 11.6. The zero-order valence-corrected chi connectivity index (χ0v) is 21.9. The van der Waals surface area contributed by atoms with Crippen LogP contribution in [-0.2, 0) is 16.6 Å². The maximum atomic E-state index is 13.1. The molecule has 0 bridgehead atoms. The van der Waals surface area contributed by atoms with Gasteiger partial charge in [0.2, 0.25) is 10.0 Å². The first kappa shape index (κ1) is 26.6. The summed E-state index contributed by atoms with van der Waals surface area (Å²) in [5, 5.41) is 3.61. The summed E-state index contributed by atoms with van der Waals surface area (Å²) >= 11 is 6.24. The van der Waals surface area contributed by atoms with Crippen LogP contribution in [0, 0.1) is 5.92 Å². The van der Waals surface area contributed by atoms with Gasteiger partial charge in [-0.25, -0.2) is 8.42 Å². The molecule has 0 saturated carbocycles. The fourth-order valence-corrected chi connectivity index (χ4v) is 4.86. The van der Waals surface area contributed by atoms with Crippen LogP contribution in [0.3, 0.4) is 0 Å². The topological polar surface area (TPSA) is 75.7 Å². The summed E-state index contributed by atoms with van der Waals surface area (Å²) in [5.41, 5.74) is 2.59. The Kier molecular flexibility index (Phi) is 8.81. The third-order valence-corrected chi connectivity index (χ3v) is 7.13. The molecule has 3 aromatic rings. The van der Waals surface area contributed by atoms with Crippen LogP contribution in [0.15, 0.2) is 72.8 Å². The SMILES string of the molecule is COc1ccc([C@@H](CC(C)C)NC(=O)c2ccc(N(Cc3ccccc3Cl)S(C)(=O)=O)cc2)cc1. The van der Waals surface area contributed by atoms with E-state index in [1.807, 2.05) is 30.3 Å². The number of amides is 1. The van der Waals surface area contributed by atoms with E-state index in [1.54, 1.807) is 49.6 Å². The standard InChI is InChI=1S/C27H31ClN2O4S/c1-19(2)17-26(20-11-15-24(34-3)16-12-20)29-27(31)21-9-13-23(14-10-21)30(35(4,32)33)18-22-7-5-6-8-25(22)28/h5-16,19,26H,17-18H2,1-4H3,(H,29,31)/t26-/m1/s1.